The van der Waals surface area contributed by atoms with Gasteiger partial charge in [-0.25, -0.2) is 17.2 Å². The number of hydrogen-bond donors (Lipinski definition) is 2. The van der Waals surface area contributed by atoms with Gasteiger partial charge in [-0.1, -0.05) is 30.3 Å². The van der Waals surface area contributed by atoms with E-state index in [1.807, 2.05) is 0 Å². The number of phenolic OH excluding ortho intramolecular Hbond substituents is 1. The summed E-state index contributed by atoms with van der Waals surface area (Å²) in [6.45, 7) is 0. The fourth-order valence-corrected chi connectivity index (χ4v) is 5.06. The second kappa shape index (κ2) is 8.52. The summed E-state index contributed by atoms with van der Waals surface area (Å²) in [5.41, 5.74) is 0.0969. The van der Waals surface area contributed by atoms with Gasteiger partial charge in [0.05, 0.1) is 15.3 Å². The number of thiophene rings is 1. The Labute approximate surface area is 186 Å². The number of carbonyl (C=O) groups excluding carboxylic acids is 1. The minimum Gasteiger partial charge on any atom is -0.505 e. The van der Waals surface area contributed by atoms with Crippen molar-refractivity contribution in [1.29, 1.82) is 0 Å². The molecule has 0 bridgehead atoms. The number of anilines is 1. The Bertz CT molecular complexity index is 1420. The van der Waals surface area contributed by atoms with Crippen LogP contribution in [0.25, 0.3) is 10.4 Å². The van der Waals surface area contributed by atoms with Gasteiger partial charge in [-0.15, -0.1) is 11.3 Å². The molecule has 1 aromatic heterocycles. The lowest BCUT2D eigenvalue weighted by molar-refractivity contribution is 0.103. The number of benzene rings is 3. The summed E-state index contributed by atoms with van der Waals surface area (Å²) in [7, 11) is -3.78. The molecule has 2 N–H and O–H groups in total. The number of halogens is 2. The Hall–Kier alpha value is -3.56. The Kier molecular flexibility index (Phi) is 5.77. The Morgan fingerprint density at radius 2 is 1.66 bits per heavy atom. The number of aromatic hydroxyl groups is 1. The fourth-order valence-electron chi connectivity index (χ4n) is 3.04. The number of phenols is 1. The van der Waals surface area contributed by atoms with E-state index < -0.39 is 38.8 Å². The van der Waals surface area contributed by atoms with Gasteiger partial charge in [-0.2, -0.15) is 0 Å². The quantitative estimate of drug-likeness (QED) is 0.367. The average Bonchev–Trinajstić information content (AvgIpc) is 3.27. The van der Waals surface area contributed by atoms with Crippen LogP contribution in [-0.2, 0) is 10.0 Å². The van der Waals surface area contributed by atoms with E-state index in [0.29, 0.717) is 16.1 Å². The summed E-state index contributed by atoms with van der Waals surface area (Å²) in [6.07, 6.45) is 0. The molecular weight excluding hydrogens is 456 g/mol. The van der Waals surface area contributed by atoms with Crippen molar-refractivity contribution in [2.24, 2.45) is 0 Å². The van der Waals surface area contributed by atoms with Crippen molar-refractivity contribution in [2.75, 3.05) is 4.72 Å². The van der Waals surface area contributed by atoms with Crippen LogP contribution in [0.1, 0.15) is 15.2 Å². The first-order chi connectivity index (χ1) is 15.3. The number of ketones is 1. The molecule has 0 aliphatic carbocycles. The highest BCUT2D eigenvalue weighted by molar-refractivity contribution is 7.92. The summed E-state index contributed by atoms with van der Waals surface area (Å²) >= 11 is 0.994. The van der Waals surface area contributed by atoms with Gasteiger partial charge in [0.2, 0.25) is 5.78 Å². The van der Waals surface area contributed by atoms with Gasteiger partial charge in [-0.05, 0) is 54.1 Å². The summed E-state index contributed by atoms with van der Waals surface area (Å²) in [6, 6.07) is 19.1. The Balaban J connectivity index is 1.62. The van der Waals surface area contributed by atoms with Crippen molar-refractivity contribution in [3.8, 4) is 16.2 Å². The highest BCUT2D eigenvalue weighted by Crippen LogP contribution is 2.33. The van der Waals surface area contributed by atoms with Crippen LogP contribution in [0.3, 0.4) is 0 Å². The number of rotatable bonds is 6. The predicted octanol–water partition coefficient (Wildman–Crippen LogP) is 5.43. The van der Waals surface area contributed by atoms with Crippen LogP contribution < -0.4 is 4.72 Å². The van der Waals surface area contributed by atoms with E-state index in [0.717, 1.165) is 23.5 Å². The van der Waals surface area contributed by atoms with Crippen LogP contribution in [0, 0.1) is 11.6 Å². The van der Waals surface area contributed by atoms with Crippen molar-refractivity contribution >= 4 is 32.8 Å². The largest absolute Gasteiger partial charge is 0.505 e. The molecule has 4 rings (SSSR count). The maximum absolute atomic E-state index is 14.1. The van der Waals surface area contributed by atoms with Crippen LogP contribution in [0.4, 0.5) is 14.5 Å². The first-order valence-corrected chi connectivity index (χ1v) is 11.6. The van der Waals surface area contributed by atoms with Crippen LogP contribution in [0.5, 0.6) is 5.75 Å². The van der Waals surface area contributed by atoms with Crippen LogP contribution >= 0.6 is 11.3 Å². The van der Waals surface area contributed by atoms with Gasteiger partial charge >= 0.3 is 0 Å². The molecule has 5 nitrogen and oxygen atoms in total. The van der Waals surface area contributed by atoms with Gasteiger partial charge in [0.15, 0.2) is 11.6 Å². The van der Waals surface area contributed by atoms with Gasteiger partial charge in [0, 0.05) is 10.6 Å². The van der Waals surface area contributed by atoms with Crippen LogP contribution in [0.2, 0.25) is 0 Å². The molecule has 0 radical (unpaired) electrons. The van der Waals surface area contributed by atoms with E-state index >= 15 is 0 Å². The third-order valence-electron chi connectivity index (χ3n) is 4.58. The van der Waals surface area contributed by atoms with Gasteiger partial charge < -0.3 is 5.11 Å². The molecule has 0 aliphatic heterocycles. The highest BCUT2D eigenvalue weighted by Gasteiger charge is 2.23. The van der Waals surface area contributed by atoms with Crippen LogP contribution in [-0.4, -0.2) is 19.3 Å². The lowest BCUT2D eigenvalue weighted by atomic mass is 10.1. The molecule has 3 aromatic carbocycles. The monoisotopic (exact) mass is 471 g/mol. The third-order valence-corrected chi connectivity index (χ3v) is 7.11. The summed E-state index contributed by atoms with van der Waals surface area (Å²) in [5, 5.41) is 9.46. The van der Waals surface area contributed by atoms with Crippen molar-refractivity contribution in [2.45, 2.75) is 4.90 Å². The number of nitrogens with one attached hydrogen (secondary N) is 1. The van der Waals surface area contributed by atoms with Crippen molar-refractivity contribution in [1.82, 2.24) is 0 Å². The smallest absolute Gasteiger partial charge is 0.261 e. The van der Waals surface area contributed by atoms with E-state index in [2.05, 4.69) is 4.72 Å². The minimum atomic E-state index is -3.78. The Morgan fingerprint density at radius 3 is 2.41 bits per heavy atom. The molecule has 0 amide bonds. The van der Waals surface area contributed by atoms with E-state index in [9.17, 15) is 27.1 Å². The predicted molar refractivity (Wildman–Crippen MR) is 118 cm³/mol. The zero-order valence-corrected chi connectivity index (χ0v) is 17.9. The van der Waals surface area contributed by atoms with Crippen molar-refractivity contribution in [3.05, 3.63) is 101 Å². The normalized spacial score (nSPS) is 11.3. The first kappa shape index (κ1) is 21.7. The lowest BCUT2D eigenvalue weighted by Gasteiger charge is -2.09. The summed E-state index contributed by atoms with van der Waals surface area (Å²) in [4.78, 5) is 13.4. The maximum atomic E-state index is 14.1. The summed E-state index contributed by atoms with van der Waals surface area (Å²) in [5.74, 6) is -4.10. The lowest BCUT2D eigenvalue weighted by Crippen LogP contribution is -2.12. The maximum Gasteiger partial charge on any atom is 0.261 e. The third kappa shape index (κ3) is 4.25. The SMILES string of the molecule is O=C(c1ccc(-c2cccc(NS(=O)(=O)c3ccccc3)c2)s1)c1c(F)ccc(O)c1F. The van der Waals surface area contributed by atoms with E-state index in [1.54, 1.807) is 48.5 Å². The average molecular weight is 472 g/mol. The van der Waals surface area contributed by atoms with E-state index in [1.165, 1.54) is 18.2 Å². The second-order valence-corrected chi connectivity index (χ2v) is 9.51. The van der Waals surface area contributed by atoms with E-state index in [-0.39, 0.29) is 9.77 Å². The fraction of sp³-hybridized carbons (Fsp3) is 0. The van der Waals surface area contributed by atoms with Gasteiger partial charge in [-0.3, -0.25) is 9.52 Å². The molecule has 0 unspecified atom stereocenters. The molecule has 0 saturated heterocycles. The standard InChI is InChI=1S/C23H15F2NO4S2/c24-17-9-10-18(27)22(25)21(17)23(28)20-12-11-19(31-20)14-5-4-6-15(13-14)26-32(29,30)16-7-2-1-3-8-16/h1-13,26-27H. The molecule has 0 fully saturated rings. The highest BCUT2D eigenvalue weighted by atomic mass is 32.2. The minimum absolute atomic E-state index is 0.0682. The molecule has 0 atom stereocenters. The number of sulfonamides is 1. The molecule has 0 saturated carbocycles. The molecule has 0 spiro atoms. The Morgan fingerprint density at radius 1 is 0.906 bits per heavy atom. The van der Waals surface area contributed by atoms with Gasteiger partial charge in [0.1, 0.15) is 5.82 Å². The topological polar surface area (TPSA) is 83.5 Å². The zero-order chi connectivity index (χ0) is 22.9. The van der Waals surface area contributed by atoms with Crippen molar-refractivity contribution < 1.29 is 27.1 Å². The second-order valence-electron chi connectivity index (χ2n) is 6.75. The summed E-state index contributed by atoms with van der Waals surface area (Å²) < 4.78 is 55.7. The van der Waals surface area contributed by atoms with Crippen molar-refractivity contribution in [3.63, 3.8) is 0 Å². The van der Waals surface area contributed by atoms with Gasteiger partial charge in [0.25, 0.3) is 10.0 Å². The van der Waals surface area contributed by atoms with Crippen LogP contribution in [0.15, 0.2) is 83.8 Å². The van der Waals surface area contributed by atoms with E-state index in [4.69, 9.17) is 0 Å². The molecule has 162 valence electrons. The number of hydrogen-bond acceptors (Lipinski definition) is 5. The molecule has 4 aromatic rings. The number of carbonyl (C=O) groups is 1. The zero-order valence-electron chi connectivity index (χ0n) is 16.2. The first-order valence-electron chi connectivity index (χ1n) is 9.26. The molecule has 0 aliphatic rings. The molecule has 9 heteroatoms. The molecule has 1 heterocycles. The molecule has 32 heavy (non-hydrogen) atoms. The molecular formula is C23H15F2NO4S2.